The fourth-order valence-corrected chi connectivity index (χ4v) is 3.63. The molecule has 0 spiro atoms. The van der Waals surface area contributed by atoms with E-state index in [1.54, 1.807) is 42.5 Å². The Morgan fingerprint density at radius 1 is 1.13 bits per heavy atom. The number of thiazole rings is 1. The molecule has 0 bridgehead atoms. The van der Waals surface area contributed by atoms with E-state index in [0.717, 1.165) is 5.01 Å². The van der Waals surface area contributed by atoms with Crippen LogP contribution in [-0.4, -0.2) is 22.8 Å². The van der Waals surface area contributed by atoms with Gasteiger partial charge in [0.15, 0.2) is 0 Å². The Bertz CT molecular complexity index is 1070. The van der Waals surface area contributed by atoms with Gasteiger partial charge >= 0.3 is 0 Å². The minimum atomic E-state index is -0.279. The van der Waals surface area contributed by atoms with Crippen molar-refractivity contribution in [3.05, 3.63) is 74.2 Å². The summed E-state index contributed by atoms with van der Waals surface area (Å²) in [5, 5.41) is 9.11. The summed E-state index contributed by atoms with van der Waals surface area (Å²) in [6.07, 6.45) is 0.0796. The van der Waals surface area contributed by atoms with Crippen molar-refractivity contribution >= 4 is 52.0 Å². The molecule has 2 N–H and O–H groups in total. The molecule has 162 valence electrons. The Balaban J connectivity index is 1.57. The van der Waals surface area contributed by atoms with Crippen LogP contribution in [0.3, 0.4) is 0 Å². The van der Waals surface area contributed by atoms with Crippen molar-refractivity contribution in [2.24, 2.45) is 0 Å². The topological polar surface area (TPSA) is 80.3 Å². The van der Waals surface area contributed by atoms with Crippen LogP contribution in [0.15, 0.2) is 47.8 Å². The Labute approximate surface area is 194 Å². The third-order valence-electron chi connectivity index (χ3n) is 4.04. The lowest BCUT2D eigenvalue weighted by Gasteiger charge is -2.11. The second-order valence-corrected chi connectivity index (χ2v) is 8.81. The highest BCUT2D eigenvalue weighted by atomic mass is 35.5. The quantitative estimate of drug-likeness (QED) is 0.458. The fourth-order valence-electron chi connectivity index (χ4n) is 2.64. The molecular weight excluding hydrogens is 457 g/mol. The van der Waals surface area contributed by atoms with Gasteiger partial charge in [-0.25, -0.2) is 4.98 Å². The lowest BCUT2D eigenvalue weighted by molar-refractivity contribution is -0.115. The zero-order chi connectivity index (χ0) is 22.4. The van der Waals surface area contributed by atoms with Crippen LogP contribution in [-0.2, 0) is 17.8 Å². The maximum Gasteiger partial charge on any atom is 0.251 e. The molecule has 2 aromatic carbocycles. The number of nitrogens with zero attached hydrogens (tertiary/aromatic N) is 1. The summed E-state index contributed by atoms with van der Waals surface area (Å²) in [5.41, 5.74) is 1.43. The highest BCUT2D eigenvalue weighted by molar-refractivity contribution is 7.09. The van der Waals surface area contributed by atoms with Crippen LogP contribution in [0.5, 0.6) is 5.75 Å². The molecule has 9 heteroatoms. The van der Waals surface area contributed by atoms with Gasteiger partial charge in [0.2, 0.25) is 5.91 Å². The summed E-state index contributed by atoms with van der Waals surface area (Å²) in [6.45, 7) is 4.05. The van der Waals surface area contributed by atoms with Crippen molar-refractivity contribution in [1.29, 1.82) is 0 Å². The molecule has 1 heterocycles. The van der Waals surface area contributed by atoms with E-state index in [2.05, 4.69) is 15.6 Å². The second kappa shape index (κ2) is 10.6. The van der Waals surface area contributed by atoms with Crippen molar-refractivity contribution in [1.82, 2.24) is 10.3 Å². The average Bonchev–Trinajstić information content (AvgIpc) is 3.15. The number of rotatable bonds is 8. The maximum atomic E-state index is 12.5. The molecule has 0 saturated heterocycles. The number of ether oxygens (including phenoxy) is 1. The monoisotopic (exact) mass is 477 g/mol. The van der Waals surface area contributed by atoms with Crippen molar-refractivity contribution < 1.29 is 14.3 Å². The number of aromatic nitrogens is 1. The van der Waals surface area contributed by atoms with Crippen LogP contribution in [0.2, 0.25) is 10.0 Å². The molecule has 0 aliphatic carbocycles. The van der Waals surface area contributed by atoms with Gasteiger partial charge in [-0.15, -0.1) is 11.3 Å². The van der Waals surface area contributed by atoms with E-state index in [1.807, 2.05) is 19.2 Å². The fraction of sp³-hybridized carbons (Fsp3) is 0.227. The van der Waals surface area contributed by atoms with Gasteiger partial charge in [-0.1, -0.05) is 23.2 Å². The summed E-state index contributed by atoms with van der Waals surface area (Å²) < 4.78 is 5.67. The molecule has 31 heavy (non-hydrogen) atoms. The zero-order valence-corrected chi connectivity index (χ0v) is 19.3. The van der Waals surface area contributed by atoms with E-state index >= 15 is 0 Å². The maximum absolute atomic E-state index is 12.5. The van der Waals surface area contributed by atoms with Gasteiger partial charge in [-0.2, -0.15) is 0 Å². The molecule has 0 aliphatic rings. The van der Waals surface area contributed by atoms with E-state index < -0.39 is 0 Å². The smallest absolute Gasteiger partial charge is 0.251 e. The molecule has 0 atom stereocenters. The first kappa shape index (κ1) is 23.1. The average molecular weight is 478 g/mol. The van der Waals surface area contributed by atoms with Gasteiger partial charge in [0, 0.05) is 22.0 Å². The zero-order valence-electron chi connectivity index (χ0n) is 16.9. The Morgan fingerprint density at radius 2 is 1.87 bits per heavy atom. The number of anilines is 1. The predicted octanol–water partition coefficient (Wildman–Crippen LogP) is 5.35. The van der Waals surface area contributed by atoms with Gasteiger partial charge in [0.25, 0.3) is 5.91 Å². The molecule has 0 fully saturated rings. The molecule has 0 aliphatic heterocycles. The molecule has 1 aromatic heterocycles. The molecule has 3 aromatic rings. The SMILES string of the molecule is CC(C)NC(=O)c1ccc(Cl)c(NC(=O)Cc2csc(COc3ccc(Cl)cc3)n2)c1. The van der Waals surface area contributed by atoms with Crippen LogP contribution in [0.4, 0.5) is 5.69 Å². The van der Waals surface area contributed by atoms with E-state index in [-0.39, 0.29) is 24.3 Å². The van der Waals surface area contributed by atoms with Crippen molar-refractivity contribution in [2.75, 3.05) is 5.32 Å². The van der Waals surface area contributed by atoms with E-state index in [9.17, 15) is 9.59 Å². The van der Waals surface area contributed by atoms with Gasteiger partial charge < -0.3 is 15.4 Å². The van der Waals surface area contributed by atoms with E-state index in [0.29, 0.717) is 39.3 Å². The predicted molar refractivity (Wildman–Crippen MR) is 124 cm³/mol. The van der Waals surface area contributed by atoms with E-state index in [4.69, 9.17) is 27.9 Å². The number of nitrogens with one attached hydrogen (secondary N) is 2. The number of carbonyl (C=O) groups excluding carboxylic acids is 2. The summed E-state index contributed by atoms with van der Waals surface area (Å²) in [6, 6.07) is 11.8. The summed E-state index contributed by atoms with van der Waals surface area (Å²) in [5.74, 6) is 0.181. The standard InChI is InChI=1S/C22H21Cl2N3O3S/c1-13(2)25-22(29)14-3-8-18(24)19(9-14)27-20(28)10-16-12-31-21(26-16)11-30-17-6-4-15(23)5-7-17/h3-9,12-13H,10-11H2,1-2H3,(H,25,29)(H,27,28). The van der Waals surface area contributed by atoms with Crippen LogP contribution in [0.1, 0.15) is 34.9 Å². The highest BCUT2D eigenvalue weighted by Gasteiger charge is 2.13. The minimum absolute atomic E-state index is 0.00347. The largest absolute Gasteiger partial charge is 0.486 e. The number of halogens is 2. The van der Waals surface area contributed by atoms with Crippen LogP contribution < -0.4 is 15.4 Å². The van der Waals surface area contributed by atoms with Gasteiger partial charge in [0.1, 0.15) is 17.4 Å². The molecule has 0 radical (unpaired) electrons. The van der Waals surface area contributed by atoms with Gasteiger partial charge in [-0.3, -0.25) is 9.59 Å². The Kier molecular flexibility index (Phi) is 7.90. The van der Waals surface area contributed by atoms with E-state index in [1.165, 1.54) is 11.3 Å². The van der Waals surface area contributed by atoms with Gasteiger partial charge in [-0.05, 0) is 56.3 Å². The number of carbonyl (C=O) groups is 2. The highest BCUT2D eigenvalue weighted by Crippen LogP contribution is 2.24. The van der Waals surface area contributed by atoms with Crippen molar-refractivity contribution in [3.63, 3.8) is 0 Å². The summed E-state index contributed by atoms with van der Waals surface area (Å²) >= 11 is 13.5. The Hall–Kier alpha value is -2.61. The number of hydrogen-bond acceptors (Lipinski definition) is 5. The first-order valence-electron chi connectivity index (χ1n) is 9.52. The Morgan fingerprint density at radius 3 is 2.58 bits per heavy atom. The molecule has 2 amide bonds. The van der Waals surface area contributed by atoms with Gasteiger partial charge in [0.05, 0.1) is 22.8 Å². The molecular formula is C22H21Cl2N3O3S. The van der Waals surface area contributed by atoms with Crippen LogP contribution in [0, 0.1) is 0 Å². The van der Waals surface area contributed by atoms with Crippen molar-refractivity contribution in [2.45, 2.75) is 32.9 Å². The first-order valence-corrected chi connectivity index (χ1v) is 11.2. The molecule has 6 nitrogen and oxygen atoms in total. The third kappa shape index (κ3) is 6.95. The number of benzene rings is 2. The first-order chi connectivity index (χ1) is 14.8. The van der Waals surface area contributed by atoms with Crippen LogP contribution >= 0.6 is 34.5 Å². The molecule has 3 rings (SSSR count). The summed E-state index contributed by atoms with van der Waals surface area (Å²) in [4.78, 5) is 29.1. The molecule has 0 unspecified atom stereocenters. The number of amides is 2. The van der Waals surface area contributed by atoms with Crippen molar-refractivity contribution in [3.8, 4) is 5.75 Å². The normalized spacial score (nSPS) is 10.7. The summed E-state index contributed by atoms with van der Waals surface area (Å²) in [7, 11) is 0. The van der Waals surface area contributed by atoms with Crippen LogP contribution in [0.25, 0.3) is 0 Å². The minimum Gasteiger partial charge on any atom is -0.486 e. The lowest BCUT2D eigenvalue weighted by Crippen LogP contribution is -2.30. The molecule has 0 saturated carbocycles. The second-order valence-electron chi connectivity index (χ2n) is 7.02. The lowest BCUT2D eigenvalue weighted by atomic mass is 10.1. The number of hydrogen-bond donors (Lipinski definition) is 2. The third-order valence-corrected chi connectivity index (χ3v) is 5.49.